The van der Waals surface area contributed by atoms with E-state index in [0.717, 1.165) is 29.5 Å². The van der Waals surface area contributed by atoms with Gasteiger partial charge in [-0.1, -0.05) is 53.7 Å². The molecule has 4 heteroatoms. The van der Waals surface area contributed by atoms with E-state index >= 15 is 0 Å². The number of phenolic OH excluding ortho intramolecular Hbond substituents is 1. The lowest BCUT2D eigenvalue weighted by Crippen LogP contribution is -2.62. The summed E-state index contributed by atoms with van der Waals surface area (Å²) in [6, 6.07) is 3.95. The second kappa shape index (κ2) is 8.66. The molecule has 2 rings (SSSR count). The number of ether oxygens (including phenoxy) is 1. The van der Waals surface area contributed by atoms with E-state index in [-0.39, 0.29) is 34.1 Å². The van der Waals surface area contributed by atoms with Crippen LogP contribution in [0.4, 0.5) is 0 Å². The number of phenols is 1. The van der Waals surface area contributed by atoms with E-state index in [1.165, 1.54) is 0 Å². The molecule has 0 aliphatic carbocycles. The highest BCUT2D eigenvalue weighted by Gasteiger charge is 2.45. The second-order valence-electron chi connectivity index (χ2n) is 12.9. The highest BCUT2D eigenvalue weighted by Crippen LogP contribution is 2.42. The molecular weight excluding hydrogens is 398 g/mol. The van der Waals surface area contributed by atoms with Crippen molar-refractivity contribution in [1.82, 2.24) is 4.90 Å². The van der Waals surface area contributed by atoms with Gasteiger partial charge < -0.3 is 9.84 Å². The monoisotopic (exact) mass is 444 g/mol. The Balaban J connectivity index is 2.38. The van der Waals surface area contributed by atoms with E-state index in [2.05, 4.69) is 80.6 Å². The van der Waals surface area contributed by atoms with Crippen molar-refractivity contribution in [2.75, 3.05) is 0 Å². The van der Waals surface area contributed by atoms with Crippen molar-refractivity contribution < 1.29 is 14.6 Å². The number of nitrogens with zero attached hydrogens (tertiary/aromatic N) is 1. The summed E-state index contributed by atoms with van der Waals surface area (Å²) in [5.74, 6) is -0.331. The summed E-state index contributed by atoms with van der Waals surface area (Å²) < 4.78 is 6.07. The summed E-state index contributed by atoms with van der Waals surface area (Å²) in [5.41, 5.74) is 1.97. The van der Waals surface area contributed by atoms with Crippen LogP contribution in [-0.4, -0.2) is 33.3 Å². The lowest BCUT2D eigenvalue weighted by Gasteiger charge is -2.54. The molecule has 1 aliphatic heterocycles. The van der Waals surface area contributed by atoms with Crippen LogP contribution in [0.5, 0.6) is 5.75 Å². The SMILES string of the molecule is CC(C(=O)OC(C)N1C(C)(C)C[CH]CC1(C)C)c1cc(C(C)(C)C)c(O)c(C(C)(C)C)c1. The molecule has 2 unspecified atom stereocenters. The third kappa shape index (κ3) is 5.50. The molecular formula is C28H46NO3. The zero-order valence-electron chi connectivity index (χ0n) is 22.5. The number of hydrogen-bond donors (Lipinski definition) is 1. The predicted molar refractivity (Wildman–Crippen MR) is 133 cm³/mol. The highest BCUT2D eigenvalue weighted by molar-refractivity contribution is 5.78. The van der Waals surface area contributed by atoms with Gasteiger partial charge in [0, 0.05) is 11.1 Å². The average Bonchev–Trinajstić information content (AvgIpc) is 2.57. The van der Waals surface area contributed by atoms with Crippen molar-refractivity contribution in [3.63, 3.8) is 0 Å². The second-order valence-corrected chi connectivity index (χ2v) is 12.9. The number of esters is 1. The molecule has 0 amide bonds. The number of carbonyl (C=O) groups excluding carboxylic acids is 1. The van der Waals surface area contributed by atoms with Crippen molar-refractivity contribution in [2.45, 2.75) is 130 Å². The predicted octanol–water partition coefficient (Wildman–Crippen LogP) is 6.84. The Labute approximate surface area is 196 Å². The Bertz CT molecular complexity index is 788. The number of carbonyl (C=O) groups is 1. The maximum absolute atomic E-state index is 13.3. The Kier molecular flexibility index (Phi) is 7.23. The lowest BCUT2D eigenvalue weighted by molar-refractivity contribution is -0.178. The molecule has 1 heterocycles. The summed E-state index contributed by atoms with van der Waals surface area (Å²) >= 11 is 0. The smallest absolute Gasteiger partial charge is 0.314 e. The zero-order chi connectivity index (χ0) is 24.9. The first-order valence-corrected chi connectivity index (χ1v) is 12.0. The highest BCUT2D eigenvalue weighted by atomic mass is 16.6. The third-order valence-corrected chi connectivity index (χ3v) is 6.84. The number of benzene rings is 1. The molecule has 1 aromatic carbocycles. The van der Waals surface area contributed by atoms with Gasteiger partial charge in [0.05, 0.1) is 5.92 Å². The van der Waals surface area contributed by atoms with Crippen LogP contribution in [0, 0.1) is 6.42 Å². The Morgan fingerprint density at radius 3 is 1.72 bits per heavy atom. The van der Waals surface area contributed by atoms with Gasteiger partial charge in [-0.15, -0.1) is 0 Å². The quantitative estimate of drug-likeness (QED) is 0.517. The molecule has 0 spiro atoms. The number of hydrogen-bond acceptors (Lipinski definition) is 4. The topological polar surface area (TPSA) is 49.8 Å². The van der Waals surface area contributed by atoms with Crippen molar-refractivity contribution in [1.29, 1.82) is 0 Å². The first kappa shape index (κ1) is 26.7. The van der Waals surface area contributed by atoms with Gasteiger partial charge in [-0.3, -0.25) is 9.69 Å². The van der Waals surface area contributed by atoms with Gasteiger partial charge in [-0.25, -0.2) is 0 Å². The van der Waals surface area contributed by atoms with E-state index in [1.807, 2.05) is 26.0 Å². The van der Waals surface area contributed by atoms with E-state index in [4.69, 9.17) is 4.74 Å². The molecule has 1 saturated heterocycles. The number of piperidine rings is 1. The summed E-state index contributed by atoms with van der Waals surface area (Å²) in [5, 5.41) is 11.0. The van der Waals surface area contributed by atoms with Crippen LogP contribution in [0.2, 0.25) is 0 Å². The fourth-order valence-electron chi connectivity index (χ4n) is 5.29. The van der Waals surface area contributed by atoms with Gasteiger partial charge >= 0.3 is 5.97 Å². The minimum Gasteiger partial charge on any atom is -0.507 e. The summed E-state index contributed by atoms with van der Waals surface area (Å²) in [6.07, 6.45) is 3.95. The van der Waals surface area contributed by atoms with E-state index in [0.29, 0.717) is 5.75 Å². The molecule has 2 atom stereocenters. The van der Waals surface area contributed by atoms with Gasteiger partial charge in [0.2, 0.25) is 0 Å². The van der Waals surface area contributed by atoms with Gasteiger partial charge in [0.15, 0.2) is 6.23 Å². The van der Waals surface area contributed by atoms with E-state index in [9.17, 15) is 9.90 Å². The third-order valence-electron chi connectivity index (χ3n) is 6.84. The fraction of sp³-hybridized carbons (Fsp3) is 0.714. The molecule has 1 aliphatic rings. The van der Waals surface area contributed by atoms with Crippen LogP contribution >= 0.6 is 0 Å². The van der Waals surface area contributed by atoms with E-state index < -0.39 is 5.92 Å². The van der Waals surface area contributed by atoms with Gasteiger partial charge in [0.1, 0.15) is 5.75 Å². The Morgan fingerprint density at radius 2 is 1.34 bits per heavy atom. The lowest BCUT2D eigenvalue weighted by atomic mass is 9.77. The molecule has 0 bridgehead atoms. The molecule has 1 fully saturated rings. The molecule has 181 valence electrons. The van der Waals surface area contributed by atoms with Crippen LogP contribution in [0.15, 0.2) is 12.1 Å². The molecule has 4 nitrogen and oxygen atoms in total. The molecule has 1 aromatic rings. The molecule has 1 N–H and O–H groups in total. The van der Waals surface area contributed by atoms with Crippen molar-refractivity contribution in [2.24, 2.45) is 0 Å². The standard InChI is InChI=1S/C28H46NO3/c1-18(20-16-21(25(3,4)5)23(30)22(17-20)26(6,7)8)24(31)32-19(2)29-27(9,10)14-13-15-28(29,11)12/h13,16-19,30H,14-15H2,1-12H3. The van der Waals surface area contributed by atoms with Crippen molar-refractivity contribution in [3.8, 4) is 5.75 Å². The first-order chi connectivity index (χ1) is 14.3. The van der Waals surface area contributed by atoms with Crippen LogP contribution in [-0.2, 0) is 20.4 Å². The minimum absolute atomic E-state index is 0.0813. The molecule has 32 heavy (non-hydrogen) atoms. The van der Waals surface area contributed by atoms with Crippen LogP contribution < -0.4 is 0 Å². The van der Waals surface area contributed by atoms with Gasteiger partial charge in [0.25, 0.3) is 0 Å². The maximum Gasteiger partial charge on any atom is 0.314 e. The normalized spacial score (nSPS) is 21.1. The summed E-state index contributed by atoms with van der Waals surface area (Å²) in [4.78, 5) is 15.6. The van der Waals surface area contributed by atoms with E-state index in [1.54, 1.807) is 0 Å². The average molecular weight is 445 g/mol. The van der Waals surface area contributed by atoms with Crippen LogP contribution in [0.25, 0.3) is 0 Å². The number of likely N-dealkylation sites (tertiary alicyclic amines) is 1. The first-order valence-electron chi connectivity index (χ1n) is 12.0. The zero-order valence-corrected chi connectivity index (χ0v) is 22.5. The van der Waals surface area contributed by atoms with Gasteiger partial charge in [-0.2, -0.15) is 0 Å². The molecule has 0 saturated carbocycles. The molecule has 0 aromatic heterocycles. The minimum atomic E-state index is -0.428. The van der Waals surface area contributed by atoms with Gasteiger partial charge in [-0.05, 0) is 88.3 Å². The molecule has 1 radical (unpaired) electrons. The Hall–Kier alpha value is -1.55. The fourth-order valence-corrected chi connectivity index (χ4v) is 5.29. The van der Waals surface area contributed by atoms with Crippen LogP contribution in [0.3, 0.4) is 0 Å². The maximum atomic E-state index is 13.3. The Morgan fingerprint density at radius 1 is 0.938 bits per heavy atom. The van der Waals surface area contributed by atoms with Crippen molar-refractivity contribution in [3.05, 3.63) is 35.2 Å². The van der Waals surface area contributed by atoms with Crippen LogP contribution in [0.1, 0.15) is 119 Å². The number of rotatable bonds is 4. The van der Waals surface area contributed by atoms with Crippen molar-refractivity contribution >= 4 is 5.97 Å². The largest absolute Gasteiger partial charge is 0.507 e. The summed E-state index contributed by atoms with van der Waals surface area (Å²) in [7, 11) is 0. The number of aromatic hydroxyl groups is 1. The summed E-state index contributed by atoms with van der Waals surface area (Å²) in [6.45, 7) is 25.2.